The SMILES string of the molecule is CCOc1cccc(OCc2cc(F)ccc2C(N)=S)c1. The Morgan fingerprint density at radius 3 is 2.52 bits per heavy atom. The normalized spacial score (nSPS) is 10.2. The number of thiocarbonyl (C=S) groups is 1. The van der Waals surface area contributed by atoms with Crippen molar-refractivity contribution < 1.29 is 13.9 Å². The maximum absolute atomic E-state index is 13.3. The van der Waals surface area contributed by atoms with Gasteiger partial charge in [0.15, 0.2) is 0 Å². The molecule has 0 radical (unpaired) electrons. The Hall–Kier alpha value is -2.14. The summed E-state index contributed by atoms with van der Waals surface area (Å²) in [5, 5.41) is 0. The second kappa shape index (κ2) is 7.04. The van der Waals surface area contributed by atoms with E-state index in [9.17, 15) is 4.39 Å². The number of rotatable bonds is 6. The first-order valence-corrected chi connectivity index (χ1v) is 6.95. The molecule has 0 atom stereocenters. The van der Waals surface area contributed by atoms with Crippen LogP contribution >= 0.6 is 12.2 Å². The van der Waals surface area contributed by atoms with Gasteiger partial charge in [0.25, 0.3) is 0 Å². The van der Waals surface area contributed by atoms with Crippen LogP contribution in [0.2, 0.25) is 0 Å². The minimum Gasteiger partial charge on any atom is -0.494 e. The van der Waals surface area contributed by atoms with E-state index >= 15 is 0 Å². The Balaban J connectivity index is 2.14. The van der Waals surface area contributed by atoms with E-state index in [-0.39, 0.29) is 17.4 Å². The van der Waals surface area contributed by atoms with E-state index in [1.54, 1.807) is 12.1 Å². The van der Waals surface area contributed by atoms with Crippen LogP contribution in [0.25, 0.3) is 0 Å². The van der Waals surface area contributed by atoms with Crippen molar-refractivity contribution in [3.8, 4) is 11.5 Å². The maximum atomic E-state index is 13.3. The number of benzene rings is 2. The summed E-state index contributed by atoms with van der Waals surface area (Å²) < 4.78 is 24.4. The van der Waals surface area contributed by atoms with Gasteiger partial charge in [-0.3, -0.25) is 0 Å². The first-order valence-electron chi connectivity index (χ1n) is 6.54. The highest BCUT2D eigenvalue weighted by Crippen LogP contribution is 2.21. The minimum atomic E-state index is -0.350. The van der Waals surface area contributed by atoms with Gasteiger partial charge in [-0.1, -0.05) is 18.3 Å². The summed E-state index contributed by atoms with van der Waals surface area (Å²) >= 11 is 4.96. The fraction of sp³-hybridized carbons (Fsp3) is 0.188. The lowest BCUT2D eigenvalue weighted by Gasteiger charge is -2.11. The molecule has 0 heterocycles. The van der Waals surface area contributed by atoms with Crippen LogP contribution in [0.4, 0.5) is 4.39 Å². The number of hydrogen-bond donors (Lipinski definition) is 1. The van der Waals surface area contributed by atoms with E-state index in [2.05, 4.69) is 0 Å². The highest BCUT2D eigenvalue weighted by atomic mass is 32.1. The van der Waals surface area contributed by atoms with Crippen LogP contribution in [0.1, 0.15) is 18.1 Å². The van der Waals surface area contributed by atoms with Gasteiger partial charge >= 0.3 is 0 Å². The van der Waals surface area contributed by atoms with E-state index in [1.165, 1.54) is 12.1 Å². The topological polar surface area (TPSA) is 44.5 Å². The molecule has 110 valence electrons. The number of nitrogens with two attached hydrogens (primary N) is 1. The summed E-state index contributed by atoms with van der Waals surface area (Å²) in [6.07, 6.45) is 0. The van der Waals surface area contributed by atoms with Gasteiger partial charge in [0.05, 0.1) is 6.61 Å². The van der Waals surface area contributed by atoms with E-state index < -0.39 is 0 Å². The van der Waals surface area contributed by atoms with Gasteiger partial charge in [0.2, 0.25) is 0 Å². The molecule has 3 nitrogen and oxygen atoms in total. The van der Waals surface area contributed by atoms with Gasteiger partial charge in [-0.15, -0.1) is 0 Å². The molecule has 0 bridgehead atoms. The molecule has 0 saturated carbocycles. The van der Waals surface area contributed by atoms with E-state index in [0.717, 1.165) is 5.75 Å². The Morgan fingerprint density at radius 1 is 1.14 bits per heavy atom. The second-order valence-corrected chi connectivity index (χ2v) is 4.80. The van der Waals surface area contributed by atoms with Crippen molar-refractivity contribution >= 4 is 17.2 Å². The third-order valence-corrected chi connectivity index (χ3v) is 3.06. The lowest BCUT2D eigenvalue weighted by Crippen LogP contribution is -2.13. The second-order valence-electron chi connectivity index (χ2n) is 4.36. The van der Waals surface area contributed by atoms with Crippen LogP contribution in [0, 0.1) is 5.82 Å². The smallest absolute Gasteiger partial charge is 0.123 e. The molecule has 0 fully saturated rings. The zero-order chi connectivity index (χ0) is 15.2. The lowest BCUT2D eigenvalue weighted by atomic mass is 10.1. The molecule has 2 N–H and O–H groups in total. The van der Waals surface area contributed by atoms with Crippen molar-refractivity contribution in [3.63, 3.8) is 0 Å². The highest BCUT2D eigenvalue weighted by Gasteiger charge is 2.08. The van der Waals surface area contributed by atoms with Gasteiger partial charge in [0, 0.05) is 17.2 Å². The predicted molar refractivity (Wildman–Crippen MR) is 84.2 cm³/mol. The summed E-state index contributed by atoms with van der Waals surface area (Å²) in [5.74, 6) is 1.01. The third-order valence-electron chi connectivity index (χ3n) is 2.84. The Kier molecular flexibility index (Phi) is 5.11. The van der Waals surface area contributed by atoms with E-state index in [4.69, 9.17) is 27.4 Å². The van der Waals surface area contributed by atoms with Crippen LogP contribution in [-0.4, -0.2) is 11.6 Å². The van der Waals surface area contributed by atoms with E-state index in [0.29, 0.717) is 23.5 Å². The maximum Gasteiger partial charge on any atom is 0.123 e. The van der Waals surface area contributed by atoms with Gasteiger partial charge in [-0.05, 0) is 37.3 Å². The van der Waals surface area contributed by atoms with Crippen LogP contribution in [-0.2, 0) is 6.61 Å². The summed E-state index contributed by atoms with van der Waals surface area (Å²) in [6.45, 7) is 2.67. The van der Waals surface area contributed by atoms with Crippen LogP contribution in [0.3, 0.4) is 0 Å². The molecule has 2 rings (SSSR count). The minimum absolute atomic E-state index is 0.181. The molecule has 0 amide bonds. The van der Waals surface area contributed by atoms with Crippen molar-refractivity contribution in [1.82, 2.24) is 0 Å². The van der Waals surface area contributed by atoms with Crippen molar-refractivity contribution in [2.75, 3.05) is 6.61 Å². The number of ether oxygens (including phenoxy) is 2. The molecule has 0 aliphatic carbocycles. The van der Waals surface area contributed by atoms with Crippen LogP contribution in [0.15, 0.2) is 42.5 Å². The largest absolute Gasteiger partial charge is 0.494 e. The molecule has 0 saturated heterocycles. The molecule has 2 aromatic carbocycles. The zero-order valence-corrected chi connectivity index (χ0v) is 12.5. The van der Waals surface area contributed by atoms with Gasteiger partial charge in [-0.25, -0.2) is 4.39 Å². The summed E-state index contributed by atoms with van der Waals surface area (Å²) in [7, 11) is 0. The molecule has 0 spiro atoms. The molecule has 0 aromatic heterocycles. The monoisotopic (exact) mass is 305 g/mol. The van der Waals surface area contributed by atoms with Crippen molar-refractivity contribution in [2.45, 2.75) is 13.5 Å². The lowest BCUT2D eigenvalue weighted by molar-refractivity contribution is 0.299. The molecule has 21 heavy (non-hydrogen) atoms. The predicted octanol–water partition coefficient (Wildman–Crippen LogP) is 3.44. The first-order chi connectivity index (χ1) is 10.1. The Morgan fingerprint density at radius 2 is 1.86 bits per heavy atom. The summed E-state index contributed by atoms with van der Waals surface area (Å²) in [6, 6.07) is 11.5. The summed E-state index contributed by atoms with van der Waals surface area (Å²) in [5.41, 5.74) is 6.86. The third kappa shape index (κ3) is 4.16. The van der Waals surface area contributed by atoms with Gasteiger partial charge < -0.3 is 15.2 Å². The molecule has 5 heteroatoms. The molecule has 0 unspecified atom stereocenters. The number of halogens is 1. The van der Waals surface area contributed by atoms with Crippen molar-refractivity contribution in [3.05, 3.63) is 59.4 Å². The average molecular weight is 305 g/mol. The Labute approximate surface area is 128 Å². The Bertz CT molecular complexity index is 646. The van der Waals surface area contributed by atoms with Crippen LogP contribution in [0.5, 0.6) is 11.5 Å². The zero-order valence-electron chi connectivity index (χ0n) is 11.6. The quantitative estimate of drug-likeness (QED) is 0.830. The molecule has 2 aromatic rings. The average Bonchev–Trinajstić information content (AvgIpc) is 2.45. The fourth-order valence-corrected chi connectivity index (χ4v) is 2.10. The van der Waals surface area contributed by atoms with Crippen molar-refractivity contribution in [1.29, 1.82) is 0 Å². The highest BCUT2D eigenvalue weighted by molar-refractivity contribution is 7.80. The molecule has 0 aliphatic heterocycles. The van der Waals surface area contributed by atoms with E-state index in [1.807, 2.05) is 25.1 Å². The summed E-state index contributed by atoms with van der Waals surface area (Å²) in [4.78, 5) is 0.219. The number of hydrogen-bond acceptors (Lipinski definition) is 3. The molecular weight excluding hydrogens is 289 g/mol. The van der Waals surface area contributed by atoms with Gasteiger partial charge in [0.1, 0.15) is 28.9 Å². The molecule has 0 aliphatic rings. The standard InChI is InChI=1S/C16H16FNO2S/c1-2-19-13-4-3-5-14(9-13)20-10-11-8-12(17)6-7-15(11)16(18)21/h3-9H,2,10H2,1H3,(H2,18,21). The first kappa shape index (κ1) is 15.3. The van der Waals surface area contributed by atoms with Gasteiger partial charge in [-0.2, -0.15) is 0 Å². The van der Waals surface area contributed by atoms with Crippen LogP contribution < -0.4 is 15.2 Å². The molecular formula is C16H16FNO2S. The van der Waals surface area contributed by atoms with Crippen molar-refractivity contribution in [2.24, 2.45) is 5.73 Å². The fourth-order valence-electron chi connectivity index (χ4n) is 1.90.